The van der Waals surface area contributed by atoms with Gasteiger partial charge in [0.15, 0.2) is 0 Å². The fraction of sp³-hybridized carbons (Fsp3) is 0.172. The van der Waals surface area contributed by atoms with E-state index in [4.69, 9.17) is 14.2 Å². The molecule has 500 valence electrons. The number of rotatable bonds is 24. The van der Waals surface area contributed by atoms with E-state index in [2.05, 4.69) is 317 Å². The quantitative estimate of drug-likeness (QED) is 0.0558. The van der Waals surface area contributed by atoms with Gasteiger partial charge < -0.3 is 0 Å². The Morgan fingerprint density at radius 1 is 0.235 bits per heavy atom. The molecular weight excluding hydrogens is 1280 g/mol. The van der Waals surface area contributed by atoms with Crippen molar-refractivity contribution in [3.05, 3.63) is 358 Å². The van der Waals surface area contributed by atoms with Crippen molar-refractivity contribution in [2.24, 2.45) is 0 Å². The second-order valence-corrected chi connectivity index (χ2v) is 42.6. The van der Waals surface area contributed by atoms with Crippen LogP contribution < -0.4 is 62.0 Å². The van der Waals surface area contributed by atoms with Crippen molar-refractivity contribution in [2.45, 2.75) is 80.8 Å². The molecule has 0 aromatic heterocycles. The van der Waals surface area contributed by atoms with E-state index < -0.39 is 28.3 Å². The zero-order valence-electron chi connectivity index (χ0n) is 58.5. The number of methoxy groups -OCH3 is 3. The van der Waals surface area contributed by atoms with Gasteiger partial charge in [-0.2, -0.15) is 0 Å². The van der Waals surface area contributed by atoms with Gasteiger partial charge in [0.1, 0.15) is 0 Å². The molecule has 0 atom stereocenters. The van der Waals surface area contributed by atoms with Crippen molar-refractivity contribution >= 4 is 76.1 Å². The Morgan fingerprint density at radius 3 is 0.520 bits per heavy atom. The van der Waals surface area contributed by atoms with Crippen molar-refractivity contribution < 1.29 is 31.7 Å². The molecule has 0 heterocycles. The standard InChI is InChI=1S/C87H90O7P4/c1-64-22-13-31-79(52-64)96(80-32-14-23-65(2)53-80,81-33-15-24-66(3)54-81,61-73-40-46-76(89-10)47-41-73)92-95(88,93-97(82-34-16-25-67(4)55-82,83-35-17-26-68(5)56-83,84-36-18-27-69(6)57-84)62-74-42-48-77(90-11)49-43-74)94-98(85-37-19-28-70(7)58-85,86-38-20-29-71(8)59-86,87-39-21-30-72(9)60-87)63-75-44-50-78(91-12)51-45-75/h13-60H,61-63H2,1-12H3. The van der Waals surface area contributed by atoms with Crippen molar-refractivity contribution in [1.82, 2.24) is 0 Å². The first-order valence-electron chi connectivity index (χ1n) is 33.5. The van der Waals surface area contributed by atoms with Crippen molar-refractivity contribution in [2.75, 3.05) is 21.3 Å². The number of phosphoric acid groups is 1. The molecule has 98 heavy (non-hydrogen) atoms. The molecule has 7 nitrogen and oxygen atoms in total. The van der Waals surface area contributed by atoms with E-state index in [9.17, 15) is 12.9 Å². The normalized spacial score (nSPS) is 13.7. The molecule has 0 aliphatic carbocycles. The Hall–Kier alpha value is -8.56. The summed E-state index contributed by atoms with van der Waals surface area (Å²) < 4.78 is 67.5. The predicted octanol–water partition coefficient (Wildman–Crippen LogP) is 18.9. The van der Waals surface area contributed by atoms with Gasteiger partial charge >= 0.3 is 585 Å². The molecule has 0 N–H and O–H groups in total. The summed E-state index contributed by atoms with van der Waals surface area (Å²) >= 11 is 0. The molecule has 0 saturated carbocycles. The molecule has 0 bridgehead atoms. The minimum atomic E-state index is -5.76. The second-order valence-electron chi connectivity index (χ2n) is 26.9. The van der Waals surface area contributed by atoms with Crippen LogP contribution in [0, 0.1) is 62.3 Å². The van der Waals surface area contributed by atoms with Crippen LogP contribution in [-0.2, 0) is 36.0 Å². The Morgan fingerprint density at radius 2 is 0.388 bits per heavy atom. The molecule has 0 aliphatic heterocycles. The van der Waals surface area contributed by atoms with E-state index in [0.29, 0.717) is 17.2 Å². The van der Waals surface area contributed by atoms with Crippen LogP contribution in [0.25, 0.3) is 0 Å². The van der Waals surface area contributed by atoms with Gasteiger partial charge in [-0.25, -0.2) is 0 Å². The van der Waals surface area contributed by atoms with E-state index in [-0.39, 0.29) is 18.5 Å². The zero-order valence-corrected chi connectivity index (χ0v) is 62.1. The van der Waals surface area contributed by atoms with Crippen molar-refractivity contribution in [3.8, 4) is 17.2 Å². The monoisotopic (exact) mass is 1370 g/mol. The van der Waals surface area contributed by atoms with Gasteiger partial charge in [-0.1, -0.05) is 0 Å². The maximum absolute atomic E-state index is 21.2. The van der Waals surface area contributed by atoms with Crippen molar-refractivity contribution in [1.29, 1.82) is 0 Å². The zero-order chi connectivity index (χ0) is 69.0. The van der Waals surface area contributed by atoms with Gasteiger partial charge in [-0.3, -0.25) is 0 Å². The van der Waals surface area contributed by atoms with Crippen LogP contribution in [0.1, 0.15) is 66.8 Å². The van der Waals surface area contributed by atoms with Gasteiger partial charge in [0.05, 0.1) is 0 Å². The van der Waals surface area contributed by atoms with E-state index in [1.165, 1.54) is 0 Å². The average molecular weight is 1370 g/mol. The number of ether oxygens (including phenoxy) is 3. The predicted molar refractivity (Wildman–Crippen MR) is 419 cm³/mol. The van der Waals surface area contributed by atoms with Crippen LogP contribution >= 0.6 is 28.3 Å². The van der Waals surface area contributed by atoms with E-state index in [1.807, 2.05) is 36.4 Å². The van der Waals surface area contributed by atoms with Crippen molar-refractivity contribution in [3.63, 3.8) is 0 Å². The molecule has 12 rings (SSSR count). The summed E-state index contributed by atoms with van der Waals surface area (Å²) in [5.41, 5.74) is 11.7. The molecule has 0 saturated heterocycles. The second kappa shape index (κ2) is 27.6. The fourth-order valence-corrected chi connectivity index (χ4v) is 40.4. The number of hydrogen-bond acceptors (Lipinski definition) is 7. The van der Waals surface area contributed by atoms with E-state index in [1.54, 1.807) is 21.3 Å². The summed E-state index contributed by atoms with van der Waals surface area (Å²) in [6.07, 6.45) is 0.596. The van der Waals surface area contributed by atoms with Gasteiger partial charge in [-0.15, -0.1) is 0 Å². The van der Waals surface area contributed by atoms with Crippen LogP contribution in [0.5, 0.6) is 17.2 Å². The van der Waals surface area contributed by atoms with Crippen LogP contribution in [0.2, 0.25) is 0 Å². The summed E-state index contributed by atoms with van der Waals surface area (Å²) in [6, 6.07) is 103. The number of benzene rings is 12. The molecular formula is C87H90O7P4. The third-order valence-corrected chi connectivity index (χ3v) is 41.7. The van der Waals surface area contributed by atoms with E-state index in [0.717, 1.165) is 115 Å². The molecule has 12 aromatic carbocycles. The number of hydrogen-bond donors (Lipinski definition) is 0. The Labute approximate surface area is 581 Å². The summed E-state index contributed by atoms with van der Waals surface area (Å²) in [5, 5.41) is 7.54. The first-order valence-corrected chi connectivity index (χ1v) is 42.0. The molecule has 0 radical (unpaired) electrons. The first kappa shape index (κ1) is 69.3. The summed E-state index contributed by atoms with van der Waals surface area (Å²) in [7, 11) is -0.685. The molecule has 0 amide bonds. The van der Waals surface area contributed by atoms with Gasteiger partial charge in [0.25, 0.3) is 0 Å². The van der Waals surface area contributed by atoms with Gasteiger partial charge in [0, 0.05) is 0 Å². The number of aryl methyl sites for hydroxylation is 9. The van der Waals surface area contributed by atoms with Gasteiger partial charge in [-0.05, 0) is 0 Å². The molecule has 0 fully saturated rings. The topological polar surface area (TPSA) is 72.5 Å². The molecule has 0 aliphatic rings. The van der Waals surface area contributed by atoms with Crippen LogP contribution in [0.3, 0.4) is 0 Å². The Bertz CT molecular complexity index is 4100. The third-order valence-electron chi connectivity index (χ3n) is 19.7. The van der Waals surface area contributed by atoms with Crippen LogP contribution in [0.15, 0.2) is 291 Å². The first-order chi connectivity index (χ1) is 47.1. The Kier molecular flexibility index (Phi) is 19.6. The fourth-order valence-electron chi connectivity index (χ4n) is 14.9. The summed E-state index contributed by atoms with van der Waals surface area (Å²) in [5.74, 6) is 2.10. The third kappa shape index (κ3) is 12.5. The summed E-state index contributed by atoms with van der Waals surface area (Å²) in [6.45, 7) is 3.42. The maximum atomic E-state index is 21.2. The minimum absolute atomic E-state index is 0.199. The molecule has 12 aromatic rings. The molecule has 0 spiro atoms. The van der Waals surface area contributed by atoms with E-state index >= 15 is 4.57 Å². The SMILES string of the molecule is COc1ccc(CP(OP(=O)(OP(Cc2ccc(OC)cc2)(c2cccc(C)c2)(c2cccc(C)c2)c2cccc(C)c2)OP(Cc2ccc(OC)cc2)(c2cccc(C)c2)(c2cccc(C)c2)c2cccc(C)c2)(c2cccc(C)c2)(c2cccc(C)c2)c2cccc(C)c2)cc1. The molecule has 0 unspecified atom stereocenters. The molecule has 11 heteroatoms. The Balaban J connectivity index is 1.41. The average Bonchev–Trinajstić information content (AvgIpc) is 0.663. The summed E-state index contributed by atoms with van der Waals surface area (Å²) in [4.78, 5) is 0. The van der Waals surface area contributed by atoms with Crippen LogP contribution in [-0.4, -0.2) is 21.3 Å². The van der Waals surface area contributed by atoms with Gasteiger partial charge in [0.2, 0.25) is 0 Å². The van der Waals surface area contributed by atoms with Crippen LogP contribution in [0.4, 0.5) is 0 Å².